The Bertz CT molecular complexity index is 106. The van der Waals surface area contributed by atoms with Gasteiger partial charge in [0.2, 0.25) is 0 Å². The molecule has 0 amide bonds. The second kappa shape index (κ2) is 4.42. The second-order valence-electron chi connectivity index (χ2n) is 2.31. The van der Waals surface area contributed by atoms with Gasteiger partial charge < -0.3 is 0 Å². The van der Waals surface area contributed by atoms with Gasteiger partial charge in [-0.3, -0.25) is 0 Å². The summed E-state index contributed by atoms with van der Waals surface area (Å²) in [5.74, 6) is -2.59. The number of alkyl halides is 2. The van der Waals surface area contributed by atoms with E-state index < -0.39 is 5.92 Å². The first-order valence-electron chi connectivity index (χ1n) is 3.68. The Morgan fingerprint density at radius 1 is 1.30 bits per heavy atom. The predicted octanol–water partition coefficient (Wildman–Crippen LogP) is 3.39. The van der Waals surface area contributed by atoms with Crippen molar-refractivity contribution in [3.63, 3.8) is 0 Å². The molecule has 0 aliphatic rings. The second-order valence-corrected chi connectivity index (χ2v) is 2.31. The molecule has 0 N–H and O–H groups in total. The van der Waals surface area contributed by atoms with E-state index in [4.69, 9.17) is 0 Å². The van der Waals surface area contributed by atoms with E-state index in [1.807, 2.05) is 6.92 Å². The molecule has 0 saturated heterocycles. The monoisotopic (exact) mass is 148 g/mol. The van der Waals surface area contributed by atoms with Crippen molar-refractivity contribution in [2.45, 2.75) is 39.0 Å². The van der Waals surface area contributed by atoms with Gasteiger partial charge in [0.1, 0.15) is 0 Å². The predicted molar refractivity (Wildman–Crippen MR) is 39.3 cm³/mol. The molecule has 0 bridgehead atoms. The highest BCUT2D eigenvalue weighted by atomic mass is 19.3. The minimum Gasteiger partial charge on any atom is -0.202 e. The molecule has 0 rings (SSSR count). The summed E-state index contributed by atoms with van der Waals surface area (Å²) in [6.07, 6.45) is 4.11. The van der Waals surface area contributed by atoms with E-state index in [1.54, 1.807) is 6.08 Å². The van der Waals surface area contributed by atoms with Crippen LogP contribution in [-0.2, 0) is 0 Å². The molecule has 0 aromatic heterocycles. The lowest BCUT2D eigenvalue weighted by Crippen LogP contribution is -2.08. The van der Waals surface area contributed by atoms with Gasteiger partial charge in [-0.15, -0.1) is 0 Å². The normalized spacial score (nSPS) is 12.8. The van der Waals surface area contributed by atoms with Crippen LogP contribution in [0.1, 0.15) is 33.1 Å². The maximum absolute atomic E-state index is 12.4. The summed E-state index contributed by atoms with van der Waals surface area (Å²) in [7, 11) is 0. The third-order valence-corrected chi connectivity index (χ3v) is 1.29. The molecule has 0 radical (unpaired) electrons. The average Bonchev–Trinajstić information content (AvgIpc) is 1.89. The summed E-state index contributed by atoms with van der Waals surface area (Å²) in [6, 6.07) is 0. The summed E-state index contributed by atoms with van der Waals surface area (Å²) in [4.78, 5) is 0. The molecule has 0 atom stereocenters. The van der Waals surface area contributed by atoms with Gasteiger partial charge in [0.05, 0.1) is 0 Å². The first kappa shape index (κ1) is 9.60. The topological polar surface area (TPSA) is 0 Å². The SMILES string of the molecule is CCC/C=C\C(F)(F)CC. The van der Waals surface area contributed by atoms with Crippen LogP contribution in [0.4, 0.5) is 8.78 Å². The van der Waals surface area contributed by atoms with Crippen LogP contribution >= 0.6 is 0 Å². The zero-order valence-corrected chi connectivity index (χ0v) is 6.53. The smallest absolute Gasteiger partial charge is 0.202 e. The highest BCUT2D eigenvalue weighted by Crippen LogP contribution is 2.19. The summed E-state index contributed by atoms with van der Waals surface area (Å²) >= 11 is 0. The van der Waals surface area contributed by atoms with Crippen LogP contribution in [0.2, 0.25) is 0 Å². The Hall–Kier alpha value is -0.400. The van der Waals surface area contributed by atoms with Crippen LogP contribution in [0.25, 0.3) is 0 Å². The summed E-state index contributed by atoms with van der Waals surface area (Å²) in [6.45, 7) is 3.45. The highest BCUT2D eigenvalue weighted by molar-refractivity contribution is 4.93. The van der Waals surface area contributed by atoms with E-state index in [0.29, 0.717) is 0 Å². The molecule has 0 fully saturated rings. The van der Waals surface area contributed by atoms with Gasteiger partial charge in [0.15, 0.2) is 0 Å². The first-order valence-corrected chi connectivity index (χ1v) is 3.68. The van der Waals surface area contributed by atoms with E-state index in [9.17, 15) is 8.78 Å². The Morgan fingerprint density at radius 3 is 2.30 bits per heavy atom. The summed E-state index contributed by atoms with van der Waals surface area (Å²) < 4.78 is 24.8. The van der Waals surface area contributed by atoms with Crippen molar-refractivity contribution in [2.75, 3.05) is 0 Å². The molecule has 0 aromatic carbocycles. The van der Waals surface area contributed by atoms with Crippen molar-refractivity contribution in [2.24, 2.45) is 0 Å². The molecule has 60 valence electrons. The molecule has 2 heteroatoms. The van der Waals surface area contributed by atoms with Crippen molar-refractivity contribution in [3.05, 3.63) is 12.2 Å². The van der Waals surface area contributed by atoms with E-state index in [1.165, 1.54) is 6.92 Å². The van der Waals surface area contributed by atoms with E-state index >= 15 is 0 Å². The lowest BCUT2D eigenvalue weighted by molar-refractivity contribution is 0.0508. The molecule has 0 aliphatic carbocycles. The van der Waals surface area contributed by atoms with Crippen LogP contribution < -0.4 is 0 Å². The minimum atomic E-state index is -2.59. The molecule has 0 aliphatic heterocycles. The maximum atomic E-state index is 12.4. The van der Waals surface area contributed by atoms with Crippen molar-refractivity contribution in [1.82, 2.24) is 0 Å². The van der Waals surface area contributed by atoms with Crippen LogP contribution in [0.5, 0.6) is 0 Å². The fourth-order valence-electron chi connectivity index (χ4n) is 0.540. The maximum Gasteiger partial charge on any atom is 0.266 e. The zero-order valence-electron chi connectivity index (χ0n) is 6.53. The third kappa shape index (κ3) is 4.48. The van der Waals surface area contributed by atoms with Crippen molar-refractivity contribution in [1.29, 1.82) is 0 Å². The summed E-state index contributed by atoms with van der Waals surface area (Å²) in [5.41, 5.74) is 0. The quantitative estimate of drug-likeness (QED) is 0.536. The number of halogens is 2. The van der Waals surface area contributed by atoms with Gasteiger partial charge in [-0.1, -0.05) is 26.3 Å². The summed E-state index contributed by atoms with van der Waals surface area (Å²) in [5, 5.41) is 0. The van der Waals surface area contributed by atoms with E-state index in [-0.39, 0.29) is 6.42 Å². The number of hydrogen-bond acceptors (Lipinski definition) is 0. The number of allylic oxidation sites excluding steroid dienone is 2. The molecular weight excluding hydrogens is 134 g/mol. The highest BCUT2D eigenvalue weighted by Gasteiger charge is 2.20. The Labute approximate surface area is 60.9 Å². The zero-order chi connectivity index (χ0) is 8.04. The Morgan fingerprint density at radius 2 is 1.90 bits per heavy atom. The number of rotatable bonds is 4. The Kier molecular flexibility index (Phi) is 4.24. The molecule has 0 aromatic rings. The molecule has 0 spiro atoms. The van der Waals surface area contributed by atoms with Gasteiger partial charge in [-0.25, -0.2) is 8.78 Å². The third-order valence-electron chi connectivity index (χ3n) is 1.29. The van der Waals surface area contributed by atoms with Crippen LogP contribution in [-0.4, -0.2) is 5.92 Å². The molecule has 0 saturated carbocycles. The average molecular weight is 148 g/mol. The number of hydrogen-bond donors (Lipinski definition) is 0. The lowest BCUT2D eigenvalue weighted by atomic mass is 10.2. The largest absolute Gasteiger partial charge is 0.266 e. The van der Waals surface area contributed by atoms with Gasteiger partial charge >= 0.3 is 0 Å². The van der Waals surface area contributed by atoms with Crippen LogP contribution in [0, 0.1) is 0 Å². The Balaban J connectivity index is 3.63. The minimum absolute atomic E-state index is 0.104. The van der Waals surface area contributed by atoms with Gasteiger partial charge in [0.25, 0.3) is 5.92 Å². The standard InChI is InChI=1S/C8H14F2/c1-3-5-6-7-8(9,10)4-2/h6-7H,3-5H2,1-2H3/b7-6-. The number of unbranched alkanes of at least 4 members (excludes halogenated alkanes) is 1. The van der Waals surface area contributed by atoms with E-state index in [0.717, 1.165) is 18.9 Å². The first-order chi connectivity index (χ1) is 4.62. The van der Waals surface area contributed by atoms with E-state index in [2.05, 4.69) is 0 Å². The van der Waals surface area contributed by atoms with Crippen molar-refractivity contribution in [3.8, 4) is 0 Å². The lowest BCUT2D eigenvalue weighted by Gasteiger charge is -2.06. The van der Waals surface area contributed by atoms with Gasteiger partial charge in [-0.2, -0.15) is 0 Å². The molecule has 10 heavy (non-hydrogen) atoms. The molecule has 0 heterocycles. The molecular formula is C8H14F2. The van der Waals surface area contributed by atoms with Gasteiger partial charge in [-0.05, 0) is 12.5 Å². The molecule has 0 nitrogen and oxygen atoms in total. The van der Waals surface area contributed by atoms with Crippen molar-refractivity contribution < 1.29 is 8.78 Å². The fraction of sp³-hybridized carbons (Fsp3) is 0.750. The van der Waals surface area contributed by atoms with Crippen molar-refractivity contribution >= 4 is 0 Å². The van der Waals surface area contributed by atoms with Crippen LogP contribution in [0.15, 0.2) is 12.2 Å². The van der Waals surface area contributed by atoms with Crippen LogP contribution in [0.3, 0.4) is 0 Å². The van der Waals surface area contributed by atoms with Gasteiger partial charge in [0, 0.05) is 6.42 Å². The molecule has 0 unspecified atom stereocenters. The fourth-order valence-corrected chi connectivity index (χ4v) is 0.540.